The molecule has 0 saturated carbocycles. The van der Waals surface area contributed by atoms with Crippen molar-refractivity contribution in [1.29, 1.82) is 0 Å². The van der Waals surface area contributed by atoms with Gasteiger partial charge in [-0.25, -0.2) is 0 Å². The number of hydrogen-bond donors (Lipinski definition) is 1. The highest BCUT2D eigenvalue weighted by Crippen LogP contribution is 2.21. The van der Waals surface area contributed by atoms with Gasteiger partial charge >= 0.3 is 0 Å². The Labute approximate surface area is 120 Å². The van der Waals surface area contributed by atoms with Crippen LogP contribution in [0, 0.1) is 19.8 Å². The van der Waals surface area contributed by atoms with Crippen molar-refractivity contribution in [2.75, 3.05) is 11.9 Å². The lowest BCUT2D eigenvalue weighted by Gasteiger charge is -2.23. The molecule has 0 aliphatic rings. The van der Waals surface area contributed by atoms with Crippen LogP contribution in [0.15, 0.2) is 18.2 Å². The van der Waals surface area contributed by atoms with E-state index in [2.05, 4.69) is 6.07 Å². The van der Waals surface area contributed by atoms with Gasteiger partial charge in [0, 0.05) is 12.7 Å². The molecule has 0 aliphatic heterocycles. The Kier molecular flexibility index (Phi) is 5.48. The van der Waals surface area contributed by atoms with Crippen LogP contribution in [-0.4, -0.2) is 17.9 Å². The first-order valence-electron chi connectivity index (χ1n) is 6.52. The second-order valence-corrected chi connectivity index (χ2v) is 5.46. The molecule has 19 heavy (non-hydrogen) atoms. The van der Waals surface area contributed by atoms with Crippen LogP contribution in [0.5, 0.6) is 0 Å². The molecule has 0 bridgehead atoms. The fourth-order valence-corrected chi connectivity index (χ4v) is 2.40. The highest BCUT2D eigenvalue weighted by molar-refractivity contribution is 7.80. The summed E-state index contributed by atoms with van der Waals surface area (Å²) in [6.07, 6.45) is 1.58. The predicted molar refractivity (Wildman–Crippen MR) is 84.5 cm³/mol. The zero-order valence-electron chi connectivity index (χ0n) is 12.1. The van der Waals surface area contributed by atoms with Gasteiger partial charge in [0.05, 0.1) is 10.9 Å². The summed E-state index contributed by atoms with van der Waals surface area (Å²) in [5.41, 5.74) is 8.84. The second-order valence-electron chi connectivity index (χ2n) is 4.99. The quantitative estimate of drug-likeness (QED) is 0.842. The van der Waals surface area contributed by atoms with E-state index in [4.69, 9.17) is 18.0 Å². The fourth-order valence-electron chi connectivity index (χ4n) is 2.18. The van der Waals surface area contributed by atoms with Crippen LogP contribution in [-0.2, 0) is 4.79 Å². The van der Waals surface area contributed by atoms with Crippen molar-refractivity contribution in [2.45, 2.75) is 33.6 Å². The van der Waals surface area contributed by atoms with E-state index in [-0.39, 0.29) is 16.8 Å². The average molecular weight is 278 g/mol. The molecule has 2 N–H and O–H groups in total. The maximum atomic E-state index is 12.5. The van der Waals surface area contributed by atoms with E-state index in [0.29, 0.717) is 6.42 Å². The molecule has 1 aromatic rings. The monoisotopic (exact) mass is 278 g/mol. The van der Waals surface area contributed by atoms with E-state index in [0.717, 1.165) is 23.2 Å². The van der Waals surface area contributed by atoms with E-state index in [1.807, 2.05) is 32.9 Å². The van der Waals surface area contributed by atoms with Gasteiger partial charge in [-0.05, 0) is 43.5 Å². The molecule has 1 atom stereocenters. The number of benzene rings is 1. The number of anilines is 1. The predicted octanol–water partition coefficient (Wildman–Crippen LogP) is 2.97. The maximum absolute atomic E-state index is 12.5. The highest BCUT2D eigenvalue weighted by atomic mass is 32.1. The summed E-state index contributed by atoms with van der Waals surface area (Å²) in [7, 11) is 1.78. The normalized spacial score (nSPS) is 12.0. The van der Waals surface area contributed by atoms with Crippen molar-refractivity contribution in [3.05, 3.63) is 29.3 Å². The minimum Gasteiger partial charge on any atom is -0.393 e. The first-order chi connectivity index (χ1) is 8.86. The lowest BCUT2D eigenvalue weighted by molar-refractivity contribution is -0.120. The summed E-state index contributed by atoms with van der Waals surface area (Å²) in [5.74, 6) is -0.398. The summed E-state index contributed by atoms with van der Waals surface area (Å²) in [4.78, 5) is 14.4. The molecule has 0 heterocycles. The van der Waals surface area contributed by atoms with Crippen LogP contribution in [0.3, 0.4) is 0 Å². The minimum absolute atomic E-state index is 0.0284. The number of aryl methyl sites for hydroxylation is 2. The minimum atomic E-state index is -0.370. The Morgan fingerprint density at radius 2 is 1.84 bits per heavy atom. The van der Waals surface area contributed by atoms with Crippen molar-refractivity contribution in [1.82, 2.24) is 0 Å². The van der Waals surface area contributed by atoms with Crippen LogP contribution in [0.4, 0.5) is 5.69 Å². The Bertz CT molecular complexity index is 465. The zero-order chi connectivity index (χ0) is 14.6. The van der Waals surface area contributed by atoms with Crippen molar-refractivity contribution < 1.29 is 4.79 Å². The molecule has 1 amide bonds. The zero-order valence-corrected chi connectivity index (χ0v) is 12.9. The first-order valence-corrected chi connectivity index (χ1v) is 6.92. The molecule has 3 nitrogen and oxygen atoms in total. The molecule has 0 saturated heterocycles. The number of carbonyl (C=O) groups excluding carboxylic acids is 1. The molecule has 0 aliphatic carbocycles. The van der Waals surface area contributed by atoms with Gasteiger partial charge in [-0.1, -0.05) is 31.6 Å². The maximum Gasteiger partial charge on any atom is 0.236 e. The third-order valence-electron chi connectivity index (χ3n) is 3.14. The number of amides is 1. The van der Waals surface area contributed by atoms with Crippen LogP contribution in [0.1, 0.15) is 30.9 Å². The van der Waals surface area contributed by atoms with Gasteiger partial charge in [0.2, 0.25) is 5.91 Å². The van der Waals surface area contributed by atoms with Crippen LogP contribution in [0.2, 0.25) is 0 Å². The molecule has 4 heteroatoms. The van der Waals surface area contributed by atoms with Crippen molar-refractivity contribution >= 4 is 28.8 Å². The molecule has 0 radical (unpaired) electrons. The van der Waals surface area contributed by atoms with Crippen LogP contribution in [0.25, 0.3) is 0 Å². The van der Waals surface area contributed by atoms with E-state index >= 15 is 0 Å². The van der Waals surface area contributed by atoms with Gasteiger partial charge in [-0.15, -0.1) is 0 Å². The molecule has 0 fully saturated rings. The van der Waals surface area contributed by atoms with Gasteiger partial charge in [0.1, 0.15) is 0 Å². The van der Waals surface area contributed by atoms with Gasteiger partial charge in [0.25, 0.3) is 0 Å². The fraction of sp³-hybridized carbons (Fsp3) is 0.467. The van der Waals surface area contributed by atoms with Gasteiger partial charge in [-0.3, -0.25) is 4.79 Å². The molecule has 1 aromatic carbocycles. The number of thiocarbonyl (C=S) groups is 1. The van der Waals surface area contributed by atoms with Gasteiger partial charge in [0.15, 0.2) is 0 Å². The number of rotatable bonds is 5. The van der Waals surface area contributed by atoms with Gasteiger partial charge in [-0.2, -0.15) is 0 Å². The Morgan fingerprint density at radius 3 is 2.26 bits per heavy atom. The Balaban J connectivity index is 3.00. The molecule has 1 unspecified atom stereocenters. The topological polar surface area (TPSA) is 46.3 Å². The summed E-state index contributed by atoms with van der Waals surface area (Å²) in [5, 5.41) is 0. The average Bonchev–Trinajstić information content (AvgIpc) is 2.32. The van der Waals surface area contributed by atoms with Crippen LogP contribution >= 0.6 is 12.2 Å². The second kappa shape index (κ2) is 6.66. The third kappa shape index (κ3) is 4.03. The molecule has 104 valence electrons. The molecule has 0 spiro atoms. The van der Waals surface area contributed by atoms with E-state index in [9.17, 15) is 4.79 Å². The number of nitrogens with zero attached hydrogens (tertiary/aromatic N) is 1. The number of nitrogens with two attached hydrogens (primary N) is 1. The summed E-state index contributed by atoms with van der Waals surface area (Å²) < 4.78 is 0. The van der Waals surface area contributed by atoms with Crippen LogP contribution < -0.4 is 10.6 Å². The first kappa shape index (κ1) is 15.6. The van der Waals surface area contributed by atoms with Crippen molar-refractivity contribution in [3.63, 3.8) is 0 Å². The number of carbonyl (C=O) groups is 1. The molecule has 0 aromatic heterocycles. The lowest BCUT2D eigenvalue weighted by Crippen LogP contribution is -2.39. The molecule has 1 rings (SSSR count). The van der Waals surface area contributed by atoms with Crippen molar-refractivity contribution in [3.8, 4) is 0 Å². The van der Waals surface area contributed by atoms with E-state index in [1.165, 1.54) is 0 Å². The van der Waals surface area contributed by atoms with E-state index < -0.39 is 0 Å². The highest BCUT2D eigenvalue weighted by Gasteiger charge is 2.24. The molecular weight excluding hydrogens is 256 g/mol. The standard InChI is InChI=1S/C15H22N2OS/c1-5-6-13(14(16)19)15(18)17(4)12-8-10(2)7-11(3)9-12/h7-9,13H,5-6H2,1-4H3,(H2,16,19). The van der Waals surface area contributed by atoms with E-state index in [1.54, 1.807) is 11.9 Å². The smallest absolute Gasteiger partial charge is 0.236 e. The molecular formula is C15H22N2OS. The summed E-state index contributed by atoms with van der Waals surface area (Å²) in [6.45, 7) is 6.06. The number of hydrogen-bond acceptors (Lipinski definition) is 2. The van der Waals surface area contributed by atoms with Crippen molar-refractivity contribution in [2.24, 2.45) is 11.7 Å². The largest absolute Gasteiger partial charge is 0.393 e. The third-order valence-corrected chi connectivity index (χ3v) is 3.43. The Hall–Kier alpha value is -1.42. The SMILES string of the molecule is CCCC(C(=O)N(C)c1cc(C)cc(C)c1)C(N)=S. The lowest BCUT2D eigenvalue weighted by atomic mass is 10.0. The Morgan fingerprint density at radius 1 is 1.32 bits per heavy atom. The summed E-state index contributed by atoms with van der Waals surface area (Å²) >= 11 is 5.01. The van der Waals surface area contributed by atoms with Gasteiger partial charge < -0.3 is 10.6 Å². The summed E-state index contributed by atoms with van der Waals surface area (Å²) in [6, 6.07) is 6.07.